The highest BCUT2D eigenvalue weighted by Gasteiger charge is 2.26. The Balaban J connectivity index is 4.52. The third-order valence-corrected chi connectivity index (χ3v) is 6.60. The van der Waals surface area contributed by atoms with Gasteiger partial charge in [0, 0.05) is 0 Å². The molecule has 3 nitrogen and oxygen atoms in total. The first-order valence-corrected chi connectivity index (χ1v) is 14.1. The standard InChI is InChI=1S/C30H54O3/c1-5-9-13-15-17-19-21-25-27(23-11-7-3)29(31)33-30(32)28(24-12-8-4)26-22-20-18-16-14-10-6-2/h5-6,27-28H,1-2,7-26H2,3-4H3. The van der Waals surface area contributed by atoms with Crippen LogP contribution in [0.4, 0.5) is 0 Å². The molecule has 0 aliphatic rings. The highest BCUT2D eigenvalue weighted by molar-refractivity contribution is 5.87. The van der Waals surface area contributed by atoms with Crippen LogP contribution in [0.5, 0.6) is 0 Å². The van der Waals surface area contributed by atoms with Gasteiger partial charge in [0.1, 0.15) is 0 Å². The van der Waals surface area contributed by atoms with E-state index in [0.717, 1.165) is 89.9 Å². The molecule has 192 valence electrons. The van der Waals surface area contributed by atoms with E-state index >= 15 is 0 Å². The summed E-state index contributed by atoms with van der Waals surface area (Å²) >= 11 is 0. The van der Waals surface area contributed by atoms with Gasteiger partial charge in [0.25, 0.3) is 0 Å². The average Bonchev–Trinajstić information content (AvgIpc) is 2.81. The molecular weight excluding hydrogens is 408 g/mol. The topological polar surface area (TPSA) is 43.4 Å². The number of esters is 2. The maximum Gasteiger partial charge on any atom is 0.316 e. The van der Waals surface area contributed by atoms with Crippen molar-refractivity contribution < 1.29 is 14.3 Å². The summed E-state index contributed by atoms with van der Waals surface area (Å²) in [7, 11) is 0. The lowest BCUT2D eigenvalue weighted by Crippen LogP contribution is -2.26. The Morgan fingerprint density at radius 1 is 0.576 bits per heavy atom. The maximum absolute atomic E-state index is 12.9. The highest BCUT2D eigenvalue weighted by atomic mass is 16.6. The molecule has 0 rings (SSSR count). The van der Waals surface area contributed by atoms with Gasteiger partial charge in [-0.15, -0.1) is 13.2 Å². The Labute approximate surface area is 205 Å². The van der Waals surface area contributed by atoms with Gasteiger partial charge in [-0.05, 0) is 51.4 Å². The smallest absolute Gasteiger partial charge is 0.316 e. The number of unbranched alkanes of at least 4 members (excludes halogenated alkanes) is 12. The SMILES string of the molecule is C=CCCCCCCCC(CCCC)C(=O)OC(=O)C(CCCC)CCCCCCCC=C. The number of hydrogen-bond donors (Lipinski definition) is 0. The van der Waals surface area contributed by atoms with Crippen LogP contribution < -0.4 is 0 Å². The maximum atomic E-state index is 12.9. The van der Waals surface area contributed by atoms with Crippen LogP contribution in [0.2, 0.25) is 0 Å². The molecule has 0 heterocycles. The van der Waals surface area contributed by atoms with E-state index in [2.05, 4.69) is 27.0 Å². The number of carbonyl (C=O) groups is 2. The Morgan fingerprint density at radius 3 is 1.27 bits per heavy atom. The van der Waals surface area contributed by atoms with Crippen LogP contribution in [0.1, 0.15) is 142 Å². The molecular formula is C30H54O3. The van der Waals surface area contributed by atoms with E-state index in [9.17, 15) is 9.59 Å². The van der Waals surface area contributed by atoms with Crippen LogP contribution >= 0.6 is 0 Å². The summed E-state index contributed by atoms with van der Waals surface area (Å²) in [5.41, 5.74) is 0. The average molecular weight is 463 g/mol. The predicted octanol–water partition coefficient (Wildman–Crippen LogP) is 9.50. The minimum atomic E-state index is -0.272. The van der Waals surface area contributed by atoms with Crippen LogP contribution in [0, 0.1) is 11.8 Å². The second-order valence-electron chi connectivity index (χ2n) is 9.69. The zero-order valence-corrected chi connectivity index (χ0v) is 22.1. The number of rotatable bonds is 24. The first-order chi connectivity index (χ1) is 16.1. The summed E-state index contributed by atoms with van der Waals surface area (Å²) in [5.74, 6) is -0.797. The Morgan fingerprint density at radius 2 is 0.909 bits per heavy atom. The van der Waals surface area contributed by atoms with Gasteiger partial charge in [-0.2, -0.15) is 0 Å². The molecule has 0 aromatic rings. The lowest BCUT2D eigenvalue weighted by molar-refractivity contribution is -0.166. The van der Waals surface area contributed by atoms with E-state index in [0.29, 0.717) is 0 Å². The van der Waals surface area contributed by atoms with Gasteiger partial charge in [0.2, 0.25) is 0 Å². The minimum Gasteiger partial charge on any atom is -0.393 e. The summed E-state index contributed by atoms with van der Waals surface area (Å²) in [6, 6.07) is 0. The molecule has 2 unspecified atom stereocenters. The second kappa shape index (κ2) is 23.8. The highest BCUT2D eigenvalue weighted by Crippen LogP contribution is 2.23. The van der Waals surface area contributed by atoms with Gasteiger partial charge < -0.3 is 4.74 Å². The van der Waals surface area contributed by atoms with Crippen molar-refractivity contribution in [1.29, 1.82) is 0 Å². The molecule has 0 saturated carbocycles. The molecule has 3 heteroatoms. The van der Waals surface area contributed by atoms with E-state index in [4.69, 9.17) is 4.74 Å². The Kier molecular flexibility index (Phi) is 22.8. The molecule has 0 aromatic carbocycles. The number of hydrogen-bond acceptors (Lipinski definition) is 3. The van der Waals surface area contributed by atoms with Gasteiger partial charge in [0.05, 0.1) is 11.8 Å². The minimum absolute atomic E-state index is 0.126. The quantitative estimate of drug-likeness (QED) is 0.0620. The number of allylic oxidation sites excluding steroid dienone is 2. The van der Waals surface area contributed by atoms with Crippen LogP contribution in [-0.2, 0) is 14.3 Å². The van der Waals surface area contributed by atoms with Crippen LogP contribution in [-0.4, -0.2) is 11.9 Å². The van der Waals surface area contributed by atoms with E-state index in [1.165, 1.54) is 38.5 Å². The van der Waals surface area contributed by atoms with Gasteiger partial charge in [-0.3, -0.25) is 9.59 Å². The molecule has 2 atom stereocenters. The first-order valence-electron chi connectivity index (χ1n) is 14.1. The molecule has 0 aliphatic heterocycles. The first kappa shape index (κ1) is 31.6. The van der Waals surface area contributed by atoms with Crippen molar-refractivity contribution in [2.24, 2.45) is 11.8 Å². The Hall–Kier alpha value is -1.38. The third-order valence-electron chi connectivity index (χ3n) is 6.60. The van der Waals surface area contributed by atoms with Gasteiger partial charge >= 0.3 is 11.9 Å². The largest absolute Gasteiger partial charge is 0.393 e. The molecule has 0 spiro atoms. The fourth-order valence-electron chi connectivity index (χ4n) is 4.35. The van der Waals surface area contributed by atoms with Crippen molar-refractivity contribution in [3.8, 4) is 0 Å². The number of carbonyl (C=O) groups excluding carboxylic acids is 2. The summed E-state index contributed by atoms with van der Waals surface area (Å²) in [6.07, 6.45) is 25.3. The second-order valence-corrected chi connectivity index (χ2v) is 9.69. The molecule has 0 N–H and O–H groups in total. The van der Waals surface area contributed by atoms with Crippen molar-refractivity contribution in [2.75, 3.05) is 0 Å². The lowest BCUT2D eigenvalue weighted by Gasteiger charge is -2.19. The normalized spacial score (nSPS) is 12.8. The predicted molar refractivity (Wildman–Crippen MR) is 142 cm³/mol. The van der Waals surface area contributed by atoms with Crippen molar-refractivity contribution in [1.82, 2.24) is 0 Å². The van der Waals surface area contributed by atoms with Gasteiger partial charge in [0.15, 0.2) is 0 Å². The van der Waals surface area contributed by atoms with Crippen molar-refractivity contribution in [3.05, 3.63) is 25.3 Å². The summed E-state index contributed by atoms with van der Waals surface area (Å²) < 4.78 is 5.49. The molecule has 0 aromatic heterocycles. The van der Waals surface area contributed by atoms with Crippen molar-refractivity contribution in [3.63, 3.8) is 0 Å². The molecule has 0 fully saturated rings. The van der Waals surface area contributed by atoms with E-state index < -0.39 is 0 Å². The van der Waals surface area contributed by atoms with Crippen LogP contribution in [0.15, 0.2) is 25.3 Å². The number of ether oxygens (including phenoxy) is 1. The zero-order valence-electron chi connectivity index (χ0n) is 22.1. The van der Waals surface area contributed by atoms with E-state index in [1.807, 2.05) is 12.2 Å². The van der Waals surface area contributed by atoms with Gasteiger partial charge in [-0.25, -0.2) is 0 Å². The van der Waals surface area contributed by atoms with Crippen molar-refractivity contribution >= 4 is 11.9 Å². The third kappa shape index (κ3) is 18.7. The monoisotopic (exact) mass is 462 g/mol. The molecule has 0 bridgehead atoms. The summed E-state index contributed by atoms with van der Waals surface area (Å²) in [5, 5.41) is 0. The molecule has 0 radical (unpaired) electrons. The molecule has 0 saturated heterocycles. The summed E-state index contributed by atoms with van der Waals surface area (Å²) in [6.45, 7) is 11.8. The fraction of sp³-hybridized carbons (Fsp3) is 0.800. The van der Waals surface area contributed by atoms with Gasteiger partial charge in [-0.1, -0.05) is 103 Å². The van der Waals surface area contributed by atoms with Crippen LogP contribution in [0.25, 0.3) is 0 Å². The van der Waals surface area contributed by atoms with E-state index in [1.54, 1.807) is 0 Å². The molecule has 0 amide bonds. The lowest BCUT2D eigenvalue weighted by atomic mass is 9.94. The summed E-state index contributed by atoms with van der Waals surface area (Å²) in [4.78, 5) is 25.7. The zero-order chi connectivity index (χ0) is 24.6. The van der Waals surface area contributed by atoms with E-state index in [-0.39, 0.29) is 23.8 Å². The molecule has 0 aliphatic carbocycles. The fourth-order valence-corrected chi connectivity index (χ4v) is 4.35. The van der Waals surface area contributed by atoms with Crippen molar-refractivity contribution in [2.45, 2.75) is 142 Å². The Bertz CT molecular complexity index is 453. The van der Waals surface area contributed by atoms with Crippen LogP contribution in [0.3, 0.4) is 0 Å². The molecule has 33 heavy (non-hydrogen) atoms.